The zero-order chi connectivity index (χ0) is 16.4. The van der Waals surface area contributed by atoms with Gasteiger partial charge in [0.2, 0.25) is 5.91 Å². The fourth-order valence-corrected chi connectivity index (χ4v) is 3.35. The van der Waals surface area contributed by atoms with E-state index in [1.54, 1.807) is 6.20 Å². The van der Waals surface area contributed by atoms with Crippen LogP contribution >= 0.6 is 0 Å². The van der Waals surface area contributed by atoms with Crippen molar-refractivity contribution in [3.63, 3.8) is 0 Å². The lowest BCUT2D eigenvalue weighted by Gasteiger charge is -2.26. The molecule has 1 aromatic heterocycles. The molecule has 2 aromatic rings. The molecule has 23 heavy (non-hydrogen) atoms. The molecule has 1 N–H and O–H groups in total. The summed E-state index contributed by atoms with van der Waals surface area (Å²) in [5.41, 5.74) is 5.66. The summed E-state index contributed by atoms with van der Waals surface area (Å²) in [6.07, 6.45) is 4.82. The average Bonchev–Trinajstić information content (AvgIpc) is 2.55. The fourth-order valence-electron chi connectivity index (χ4n) is 3.35. The minimum Gasteiger partial charge on any atom is -0.324 e. The number of aryl methyl sites for hydroxylation is 1. The summed E-state index contributed by atoms with van der Waals surface area (Å²) in [6, 6.07) is 10.2. The summed E-state index contributed by atoms with van der Waals surface area (Å²) >= 11 is 0. The van der Waals surface area contributed by atoms with Crippen molar-refractivity contribution in [3.8, 4) is 0 Å². The second kappa shape index (κ2) is 6.53. The maximum absolute atomic E-state index is 12.7. The number of hydrogen-bond donors (Lipinski definition) is 1. The molecular weight excluding hydrogens is 284 g/mol. The highest BCUT2D eigenvalue weighted by Gasteiger charge is 2.27. The van der Waals surface area contributed by atoms with E-state index < -0.39 is 0 Å². The minimum absolute atomic E-state index is 0.0524. The predicted molar refractivity (Wildman–Crippen MR) is 93.8 cm³/mol. The zero-order valence-corrected chi connectivity index (χ0v) is 14.1. The maximum atomic E-state index is 12.7. The lowest BCUT2D eigenvalue weighted by molar-refractivity contribution is -0.117. The second-order valence-corrected chi connectivity index (χ2v) is 6.70. The molecule has 0 unspecified atom stereocenters. The van der Waals surface area contributed by atoms with Gasteiger partial charge in [0.15, 0.2) is 0 Å². The van der Waals surface area contributed by atoms with E-state index in [0.29, 0.717) is 5.92 Å². The first-order valence-electron chi connectivity index (χ1n) is 8.41. The molecule has 0 saturated heterocycles. The molecule has 0 radical (unpaired) electrons. The second-order valence-electron chi connectivity index (χ2n) is 6.70. The van der Waals surface area contributed by atoms with Crippen molar-refractivity contribution in [2.75, 3.05) is 5.32 Å². The van der Waals surface area contributed by atoms with Crippen molar-refractivity contribution >= 4 is 11.6 Å². The van der Waals surface area contributed by atoms with Gasteiger partial charge >= 0.3 is 0 Å². The number of carbonyl (C=O) groups excluding carboxylic acids is 1. The SMILES string of the molecule is Cc1cccc2c1CCC[C@@H]2C(=O)Nc1ccc(C(C)C)nc1. The minimum atomic E-state index is -0.0524. The summed E-state index contributed by atoms with van der Waals surface area (Å²) in [5.74, 6) is 0.423. The topological polar surface area (TPSA) is 42.0 Å². The number of rotatable bonds is 3. The van der Waals surface area contributed by atoms with Crippen molar-refractivity contribution in [2.45, 2.75) is 51.9 Å². The number of carbonyl (C=O) groups is 1. The Morgan fingerprint density at radius 1 is 1.26 bits per heavy atom. The summed E-state index contributed by atoms with van der Waals surface area (Å²) < 4.78 is 0. The molecule has 1 aromatic carbocycles. The van der Waals surface area contributed by atoms with Gasteiger partial charge in [-0.25, -0.2) is 0 Å². The summed E-state index contributed by atoms with van der Waals surface area (Å²) in [5, 5.41) is 3.04. The largest absolute Gasteiger partial charge is 0.324 e. The first-order chi connectivity index (χ1) is 11.1. The van der Waals surface area contributed by atoms with Crippen molar-refractivity contribution in [3.05, 3.63) is 58.9 Å². The number of anilines is 1. The highest BCUT2D eigenvalue weighted by Crippen LogP contribution is 2.34. The number of nitrogens with zero attached hydrogens (tertiary/aromatic N) is 1. The van der Waals surface area contributed by atoms with Gasteiger partial charge in [-0.2, -0.15) is 0 Å². The van der Waals surface area contributed by atoms with E-state index in [1.165, 1.54) is 16.7 Å². The number of amides is 1. The van der Waals surface area contributed by atoms with Crippen molar-refractivity contribution in [2.24, 2.45) is 0 Å². The van der Waals surface area contributed by atoms with Gasteiger partial charge in [-0.3, -0.25) is 9.78 Å². The molecule has 3 rings (SSSR count). The molecule has 1 aliphatic carbocycles. The van der Waals surface area contributed by atoms with Crippen LogP contribution in [0.4, 0.5) is 5.69 Å². The fraction of sp³-hybridized carbons (Fsp3) is 0.400. The van der Waals surface area contributed by atoms with Crippen LogP contribution in [-0.4, -0.2) is 10.9 Å². The standard InChI is InChI=1S/C20H24N2O/c1-13(2)19-11-10-15(12-21-19)22-20(23)18-9-5-7-16-14(3)6-4-8-17(16)18/h4,6,8,10-13,18H,5,7,9H2,1-3H3,(H,22,23)/t18-/m0/s1. The van der Waals surface area contributed by atoms with Crippen LogP contribution < -0.4 is 5.32 Å². The van der Waals surface area contributed by atoms with Gasteiger partial charge in [0.05, 0.1) is 17.8 Å². The van der Waals surface area contributed by atoms with Crippen molar-refractivity contribution in [1.29, 1.82) is 0 Å². The lowest BCUT2D eigenvalue weighted by atomic mass is 9.80. The quantitative estimate of drug-likeness (QED) is 0.902. The van der Waals surface area contributed by atoms with Gasteiger partial charge in [-0.05, 0) is 60.9 Å². The third-order valence-corrected chi connectivity index (χ3v) is 4.70. The Morgan fingerprint density at radius 2 is 2.09 bits per heavy atom. The molecule has 1 atom stereocenters. The highest BCUT2D eigenvalue weighted by molar-refractivity contribution is 5.96. The number of pyridine rings is 1. The van der Waals surface area contributed by atoms with Crippen molar-refractivity contribution in [1.82, 2.24) is 4.98 Å². The molecule has 0 spiro atoms. The smallest absolute Gasteiger partial charge is 0.231 e. The Balaban J connectivity index is 1.78. The molecule has 0 saturated carbocycles. The first kappa shape index (κ1) is 15.7. The Morgan fingerprint density at radius 3 is 2.78 bits per heavy atom. The molecule has 1 heterocycles. The summed E-state index contributed by atoms with van der Waals surface area (Å²) in [4.78, 5) is 17.1. The monoisotopic (exact) mass is 308 g/mol. The van der Waals surface area contributed by atoms with E-state index in [4.69, 9.17) is 0 Å². The van der Waals surface area contributed by atoms with Crippen LogP contribution in [-0.2, 0) is 11.2 Å². The third kappa shape index (κ3) is 3.29. The van der Waals surface area contributed by atoms with Gasteiger partial charge in [0.1, 0.15) is 0 Å². The number of nitrogens with one attached hydrogen (secondary N) is 1. The Labute approximate surface area is 138 Å². The van der Waals surface area contributed by atoms with Gasteiger partial charge in [-0.1, -0.05) is 32.0 Å². The Kier molecular flexibility index (Phi) is 4.46. The molecular formula is C20H24N2O. The highest BCUT2D eigenvalue weighted by atomic mass is 16.1. The normalized spacial score (nSPS) is 17.0. The Hall–Kier alpha value is -2.16. The van der Waals surface area contributed by atoms with Crippen molar-refractivity contribution < 1.29 is 4.79 Å². The van der Waals surface area contributed by atoms with E-state index in [1.807, 2.05) is 12.1 Å². The lowest BCUT2D eigenvalue weighted by Crippen LogP contribution is -2.25. The Bertz CT molecular complexity index is 704. The molecule has 0 bridgehead atoms. The molecule has 3 nitrogen and oxygen atoms in total. The predicted octanol–water partition coefficient (Wildman–Crippen LogP) is 4.57. The number of fused-ring (bicyclic) bond motifs is 1. The molecule has 1 amide bonds. The maximum Gasteiger partial charge on any atom is 0.231 e. The van der Waals surface area contributed by atoms with E-state index in [0.717, 1.165) is 30.6 Å². The van der Waals surface area contributed by atoms with E-state index >= 15 is 0 Å². The van der Waals surface area contributed by atoms with Crippen LogP contribution in [0.2, 0.25) is 0 Å². The molecule has 0 fully saturated rings. The van der Waals surface area contributed by atoms with E-state index in [2.05, 4.69) is 49.3 Å². The number of aromatic nitrogens is 1. The average molecular weight is 308 g/mol. The molecule has 0 aliphatic heterocycles. The molecule has 120 valence electrons. The third-order valence-electron chi connectivity index (χ3n) is 4.70. The van der Waals surface area contributed by atoms with E-state index in [9.17, 15) is 4.79 Å². The van der Waals surface area contributed by atoms with Crippen LogP contribution in [0, 0.1) is 6.92 Å². The molecule has 3 heteroatoms. The summed E-state index contributed by atoms with van der Waals surface area (Å²) in [6.45, 7) is 6.36. The summed E-state index contributed by atoms with van der Waals surface area (Å²) in [7, 11) is 0. The van der Waals surface area contributed by atoms with Gasteiger partial charge in [0, 0.05) is 5.69 Å². The van der Waals surface area contributed by atoms with Crippen LogP contribution in [0.5, 0.6) is 0 Å². The van der Waals surface area contributed by atoms with Gasteiger partial charge in [0.25, 0.3) is 0 Å². The zero-order valence-electron chi connectivity index (χ0n) is 14.1. The van der Waals surface area contributed by atoms with Crippen LogP contribution in [0.25, 0.3) is 0 Å². The van der Waals surface area contributed by atoms with Gasteiger partial charge < -0.3 is 5.32 Å². The van der Waals surface area contributed by atoms with Crippen LogP contribution in [0.1, 0.15) is 60.9 Å². The van der Waals surface area contributed by atoms with Crippen LogP contribution in [0.3, 0.4) is 0 Å². The van der Waals surface area contributed by atoms with E-state index in [-0.39, 0.29) is 11.8 Å². The number of hydrogen-bond acceptors (Lipinski definition) is 2. The van der Waals surface area contributed by atoms with Crippen LogP contribution in [0.15, 0.2) is 36.5 Å². The molecule has 1 aliphatic rings. The first-order valence-corrected chi connectivity index (χ1v) is 8.41. The number of benzene rings is 1. The van der Waals surface area contributed by atoms with Gasteiger partial charge in [-0.15, -0.1) is 0 Å².